The molecule has 36 heavy (non-hydrogen) atoms. The van der Waals surface area contributed by atoms with Gasteiger partial charge in [0.1, 0.15) is 23.6 Å². The summed E-state index contributed by atoms with van der Waals surface area (Å²) in [6.45, 7) is 3.37. The largest absolute Gasteiger partial charge is 0.497 e. The van der Waals surface area contributed by atoms with Crippen LogP contribution in [0, 0.1) is 0 Å². The van der Waals surface area contributed by atoms with Gasteiger partial charge in [0, 0.05) is 23.1 Å². The Kier molecular flexibility index (Phi) is 7.41. The molecular formula is C26H26Cl2N2O5S. The molecule has 0 radical (unpaired) electrons. The molecule has 1 N–H and O–H groups in total. The van der Waals surface area contributed by atoms with Crippen LogP contribution in [0.3, 0.4) is 0 Å². The molecule has 3 aromatic rings. The number of anilines is 1. The predicted octanol–water partition coefficient (Wildman–Crippen LogP) is 5.62. The van der Waals surface area contributed by atoms with Crippen LogP contribution in [0.4, 0.5) is 5.69 Å². The predicted molar refractivity (Wildman–Crippen MR) is 141 cm³/mol. The van der Waals surface area contributed by atoms with Gasteiger partial charge in [0.2, 0.25) is 5.91 Å². The van der Waals surface area contributed by atoms with Gasteiger partial charge in [0.05, 0.1) is 28.8 Å². The number of methoxy groups -OCH3 is 1. The van der Waals surface area contributed by atoms with E-state index >= 15 is 0 Å². The molecule has 0 bridgehead atoms. The van der Waals surface area contributed by atoms with Gasteiger partial charge in [-0.3, -0.25) is 9.10 Å². The Balaban J connectivity index is 1.67. The molecule has 190 valence electrons. The normalized spacial score (nSPS) is 16.4. The Morgan fingerprint density at radius 2 is 1.83 bits per heavy atom. The maximum absolute atomic E-state index is 13.6. The van der Waals surface area contributed by atoms with E-state index in [0.717, 1.165) is 9.87 Å². The topological polar surface area (TPSA) is 84.9 Å². The van der Waals surface area contributed by atoms with E-state index < -0.39 is 34.1 Å². The summed E-state index contributed by atoms with van der Waals surface area (Å²) in [4.78, 5) is 13.4. The van der Waals surface area contributed by atoms with E-state index in [4.69, 9.17) is 32.7 Å². The fourth-order valence-electron chi connectivity index (χ4n) is 4.16. The number of nitrogens with zero attached hydrogens (tertiary/aromatic N) is 1. The van der Waals surface area contributed by atoms with Gasteiger partial charge >= 0.3 is 0 Å². The van der Waals surface area contributed by atoms with Crippen molar-refractivity contribution in [2.45, 2.75) is 36.8 Å². The highest BCUT2D eigenvalue weighted by atomic mass is 35.5. The lowest BCUT2D eigenvalue weighted by atomic mass is 9.89. The fraction of sp³-hybridized carbons (Fsp3) is 0.269. The number of ether oxygens (including phenoxy) is 2. The number of hydrogen-bond donors (Lipinski definition) is 1. The summed E-state index contributed by atoms with van der Waals surface area (Å²) >= 11 is 12.4. The molecule has 1 aliphatic heterocycles. The number of rotatable bonds is 7. The molecule has 1 aliphatic rings. The van der Waals surface area contributed by atoms with Crippen LogP contribution in [0.2, 0.25) is 10.0 Å². The van der Waals surface area contributed by atoms with Gasteiger partial charge in [0.25, 0.3) is 10.0 Å². The number of hydrogen-bond acceptors (Lipinski definition) is 5. The monoisotopic (exact) mass is 548 g/mol. The van der Waals surface area contributed by atoms with Crippen molar-refractivity contribution in [1.82, 2.24) is 5.32 Å². The van der Waals surface area contributed by atoms with Gasteiger partial charge < -0.3 is 14.8 Å². The van der Waals surface area contributed by atoms with Gasteiger partial charge in [-0.15, -0.1) is 0 Å². The average molecular weight is 549 g/mol. The second-order valence-corrected chi connectivity index (χ2v) is 11.7. The van der Waals surface area contributed by atoms with E-state index in [-0.39, 0.29) is 15.6 Å². The molecule has 0 saturated carbocycles. The molecule has 10 heteroatoms. The maximum Gasteiger partial charge on any atom is 0.264 e. The first-order valence-electron chi connectivity index (χ1n) is 11.2. The second kappa shape index (κ2) is 10.2. The van der Waals surface area contributed by atoms with E-state index in [0.29, 0.717) is 22.9 Å². The Morgan fingerprint density at radius 1 is 1.11 bits per heavy atom. The number of nitrogens with one attached hydrogen (secondary N) is 1. The van der Waals surface area contributed by atoms with E-state index in [1.165, 1.54) is 30.3 Å². The van der Waals surface area contributed by atoms with Crippen molar-refractivity contribution >= 4 is 44.8 Å². The highest BCUT2D eigenvalue weighted by Gasteiger charge is 2.36. The zero-order valence-corrected chi connectivity index (χ0v) is 22.3. The molecule has 3 aromatic carbocycles. The molecule has 1 atom stereocenters. The molecule has 0 fully saturated rings. The summed E-state index contributed by atoms with van der Waals surface area (Å²) in [5, 5.41) is 3.45. The minimum absolute atomic E-state index is 0.0356. The Hall–Kier alpha value is -2.94. The van der Waals surface area contributed by atoms with Gasteiger partial charge in [0.15, 0.2) is 0 Å². The van der Waals surface area contributed by atoms with E-state index in [1.54, 1.807) is 37.4 Å². The molecule has 4 rings (SSSR count). The lowest BCUT2D eigenvalue weighted by Crippen LogP contribution is -2.45. The van der Waals surface area contributed by atoms with Gasteiger partial charge in [-0.1, -0.05) is 41.4 Å². The van der Waals surface area contributed by atoms with Gasteiger partial charge in [-0.05, 0) is 56.3 Å². The quantitative estimate of drug-likeness (QED) is 0.414. The number of amides is 1. The van der Waals surface area contributed by atoms with Crippen LogP contribution in [0.15, 0.2) is 71.6 Å². The van der Waals surface area contributed by atoms with Crippen molar-refractivity contribution in [3.05, 3.63) is 82.3 Å². The fourth-order valence-corrected chi connectivity index (χ4v) is 6.18. The second-order valence-electron chi connectivity index (χ2n) is 9.01. The smallest absolute Gasteiger partial charge is 0.264 e. The Bertz CT molecular complexity index is 1380. The molecular weight excluding hydrogens is 523 g/mol. The minimum atomic E-state index is -4.11. The van der Waals surface area contributed by atoms with Crippen LogP contribution in [-0.4, -0.2) is 33.6 Å². The van der Waals surface area contributed by atoms with Crippen LogP contribution < -0.4 is 19.1 Å². The zero-order chi connectivity index (χ0) is 26.1. The van der Waals surface area contributed by atoms with Crippen molar-refractivity contribution in [3.63, 3.8) is 0 Å². The summed E-state index contributed by atoms with van der Waals surface area (Å²) in [5.41, 5.74) is 0.370. The highest BCUT2D eigenvalue weighted by Crippen LogP contribution is 2.41. The third-order valence-electron chi connectivity index (χ3n) is 5.81. The Labute approximate surface area is 221 Å². The lowest BCUT2D eigenvalue weighted by molar-refractivity contribution is -0.120. The van der Waals surface area contributed by atoms with Crippen LogP contribution in [0.1, 0.15) is 31.9 Å². The molecule has 1 amide bonds. The first-order valence-corrected chi connectivity index (χ1v) is 13.4. The van der Waals surface area contributed by atoms with Crippen LogP contribution >= 0.6 is 23.2 Å². The van der Waals surface area contributed by atoms with Crippen molar-refractivity contribution < 1.29 is 22.7 Å². The van der Waals surface area contributed by atoms with Crippen LogP contribution in [0.5, 0.6) is 11.5 Å². The first-order chi connectivity index (χ1) is 17.0. The van der Waals surface area contributed by atoms with E-state index in [1.807, 2.05) is 19.9 Å². The summed E-state index contributed by atoms with van der Waals surface area (Å²) < 4.78 is 39.6. The number of sulfonamides is 1. The molecule has 1 unspecified atom stereocenters. The minimum Gasteiger partial charge on any atom is -0.497 e. The summed E-state index contributed by atoms with van der Waals surface area (Å²) in [7, 11) is -2.55. The highest BCUT2D eigenvalue weighted by molar-refractivity contribution is 7.92. The summed E-state index contributed by atoms with van der Waals surface area (Å²) in [6, 6.07) is 17.3. The zero-order valence-electron chi connectivity index (χ0n) is 20.0. The lowest BCUT2D eigenvalue weighted by Gasteiger charge is -2.38. The third-order valence-corrected chi connectivity index (χ3v) is 8.12. The van der Waals surface area contributed by atoms with Crippen molar-refractivity contribution in [2.24, 2.45) is 0 Å². The standard InChI is InChI=1S/C26H26Cl2N2O5S/c1-26(2)15-22(20-11-10-18(34-3)14-24(20)35-26)29-25(31)16-30(23-12-9-17(27)13-21(23)28)36(32,33)19-7-5-4-6-8-19/h4-14,22H,15-16H2,1-3H3,(H,29,31). The van der Waals surface area contributed by atoms with Gasteiger partial charge in [-0.25, -0.2) is 8.42 Å². The number of carbonyl (C=O) groups excluding carboxylic acids is 1. The molecule has 0 aromatic heterocycles. The molecule has 0 saturated heterocycles. The van der Waals surface area contributed by atoms with Gasteiger partial charge in [-0.2, -0.15) is 0 Å². The molecule has 0 spiro atoms. The molecule has 1 heterocycles. The van der Waals surface area contributed by atoms with Crippen molar-refractivity contribution in [3.8, 4) is 11.5 Å². The van der Waals surface area contributed by atoms with Crippen LogP contribution in [0.25, 0.3) is 0 Å². The van der Waals surface area contributed by atoms with Crippen molar-refractivity contribution in [2.75, 3.05) is 18.0 Å². The average Bonchev–Trinajstić information content (AvgIpc) is 2.82. The van der Waals surface area contributed by atoms with Crippen LogP contribution in [-0.2, 0) is 14.8 Å². The first kappa shape index (κ1) is 26.1. The van der Waals surface area contributed by atoms with Crippen molar-refractivity contribution in [1.29, 1.82) is 0 Å². The molecule has 0 aliphatic carbocycles. The third kappa shape index (κ3) is 5.56. The number of carbonyl (C=O) groups is 1. The van der Waals surface area contributed by atoms with E-state index in [9.17, 15) is 13.2 Å². The number of benzene rings is 3. The summed E-state index contributed by atoms with van der Waals surface area (Å²) in [6.07, 6.45) is 0.491. The number of fused-ring (bicyclic) bond motifs is 1. The molecule has 7 nitrogen and oxygen atoms in total. The maximum atomic E-state index is 13.6. The van der Waals surface area contributed by atoms with E-state index in [2.05, 4.69) is 5.32 Å². The SMILES string of the molecule is COc1ccc2c(c1)OC(C)(C)CC2NC(=O)CN(c1ccc(Cl)cc1Cl)S(=O)(=O)c1ccccc1. The Morgan fingerprint density at radius 3 is 2.50 bits per heavy atom. The summed E-state index contributed by atoms with van der Waals surface area (Å²) in [5.74, 6) is 0.740. The number of halogens is 2.